The van der Waals surface area contributed by atoms with Crippen molar-refractivity contribution in [3.63, 3.8) is 0 Å². The van der Waals surface area contributed by atoms with Crippen molar-refractivity contribution in [2.75, 3.05) is 7.11 Å². The van der Waals surface area contributed by atoms with Crippen LogP contribution in [0, 0.1) is 0 Å². The van der Waals surface area contributed by atoms with Crippen molar-refractivity contribution < 1.29 is 14.1 Å². The minimum Gasteiger partial charge on any atom is -0.497 e. The highest BCUT2D eigenvalue weighted by molar-refractivity contribution is 5.75. The highest BCUT2D eigenvalue weighted by Crippen LogP contribution is 2.13. The smallest absolute Gasteiger partial charge is 0.226 e. The minimum absolute atomic E-state index is 0.0106. The van der Waals surface area contributed by atoms with Gasteiger partial charge in [-0.15, -0.1) is 0 Å². The summed E-state index contributed by atoms with van der Waals surface area (Å²) in [4.78, 5) is 16.2. The van der Waals surface area contributed by atoms with Crippen molar-refractivity contribution in [1.82, 2.24) is 15.5 Å². The Labute approximate surface area is 136 Å². The SMILES string of the molecule is COc1cccc(CNC(=O)CCCc2nc(C(C)C)no2)c1. The lowest BCUT2D eigenvalue weighted by atomic mass is 10.2. The van der Waals surface area contributed by atoms with Crippen molar-refractivity contribution in [2.45, 2.75) is 45.6 Å². The Bertz CT molecular complexity index is 638. The van der Waals surface area contributed by atoms with Gasteiger partial charge in [-0.25, -0.2) is 0 Å². The minimum atomic E-state index is 0.0106. The average molecular weight is 317 g/mol. The summed E-state index contributed by atoms with van der Waals surface area (Å²) in [6, 6.07) is 7.64. The van der Waals surface area contributed by atoms with Gasteiger partial charge in [-0.2, -0.15) is 4.98 Å². The number of hydrogen-bond donors (Lipinski definition) is 1. The molecule has 2 rings (SSSR count). The van der Waals surface area contributed by atoms with E-state index in [4.69, 9.17) is 9.26 Å². The van der Waals surface area contributed by atoms with Crippen LogP contribution in [0.2, 0.25) is 0 Å². The molecule has 0 bridgehead atoms. The summed E-state index contributed by atoms with van der Waals surface area (Å²) in [7, 11) is 1.62. The lowest BCUT2D eigenvalue weighted by Gasteiger charge is -2.06. The normalized spacial score (nSPS) is 10.8. The molecule has 0 aliphatic rings. The van der Waals surface area contributed by atoms with Crippen LogP contribution in [0.5, 0.6) is 5.75 Å². The van der Waals surface area contributed by atoms with E-state index in [2.05, 4.69) is 15.5 Å². The zero-order chi connectivity index (χ0) is 16.7. The average Bonchev–Trinajstić information content (AvgIpc) is 3.02. The van der Waals surface area contributed by atoms with E-state index in [1.807, 2.05) is 38.1 Å². The molecular weight excluding hydrogens is 294 g/mol. The van der Waals surface area contributed by atoms with E-state index in [-0.39, 0.29) is 11.8 Å². The molecule has 1 aromatic carbocycles. The van der Waals surface area contributed by atoms with E-state index in [0.29, 0.717) is 37.5 Å². The van der Waals surface area contributed by atoms with Gasteiger partial charge < -0.3 is 14.6 Å². The quantitative estimate of drug-likeness (QED) is 0.810. The zero-order valence-corrected chi connectivity index (χ0v) is 13.8. The molecule has 1 amide bonds. The van der Waals surface area contributed by atoms with Gasteiger partial charge in [0.15, 0.2) is 5.82 Å². The lowest BCUT2D eigenvalue weighted by Crippen LogP contribution is -2.22. The number of methoxy groups -OCH3 is 1. The van der Waals surface area contributed by atoms with Gasteiger partial charge in [-0.3, -0.25) is 4.79 Å². The fraction of sp³-hybridized carbons (Fsp3) is 0.471. The number of carbonyl (C=O) groups excluding carboxylic acids is 1. The predicted molar refractivity (Wildman–Crippen MR) is 86.2 cm³/mol. The van der Waals surface area contributed by atoms with Gasteiger partial charge in [0.05, 0.1) is 7.11 Å². The maximum Gasteiger partial charge on any atom is 0.226 e. The third-order valence-corrected chi connectivity index (χ3v) is 3.42. The largest absolute Gasteiger partial charge is 0.497 e. The van der Waals surface area contributed by atoms with Crippen LogP contribution in [0.4, 0.5) is 0 Å². The lowest BCUT2D eigenvalue weighted by molar-refractivity contribution is -0.121. The molecular formula is C17H23N3O3. The van der Waals surface area contributed by atoms with Crippen LogP contribution in [0.25, 0.3) is 0 Å². The summed E-state index contributed by atoms with van der Waals surface area (Å²) in [5.74, 6) is 2.35. The van der Waals surface area contributed by atoms with Crippen LogP contribution < -0.4 is 10.1 Å². The molecule has 0 saturated heterocycles. The molecule has 0 spiro atoms. The van der Waals surface area contributed by atoms with Gasteiger partial charge in [0, 0.05) is 25.3 Å². The number of benzene rings is 1. The maximum absolute atomic E-state index is 11.9. The molecule has 1 N–H and O–H groups in total. The third kappa shape index (κ3) is 5.39. The molecule has 1 aromatic heterocycles. The summed E-state index contributed by atoms with van der Waals surface area (Å²) in [6.07, 6.45) is 1.74. The van der Waals surface area contributed by atoms with E-state index in [0.717, 1.165) is 11.3 Å². The van der Waals surface area contributed by atoms with Gasteiger partial charge in [-0.1, -0.05) is 31.1 Å². The molecule has 1 heterocycles. The Hall–Kier alpha value is -2.37. The predicted octanol–water partition coefficient (Wildman–Crippen LogP) is 2.84. The summed E-state index contributed by atoms with van der Waals surface area (Å²) in [6.45, 7) is 4.52. The van der Waals surface area contributed by atoms with Crippen molar-refractivity contribution in [2.24, 2.45) is 0 Å². The first-order chi connectivity index (χ1) is 11.1. The second-order valence-electron chi connectivity index (χ2n) is 5.68. The number of ether oxygens (including phenoxy) is 1. The molecule has 0 radical (unpaired) electrons. The van der Waals surface area contributed by atoms with E-state index in [1.54, 1.807) is 7.11 Å². The first-order valence-corrected chi connectivity index (χ1v) is 7.80. The molecule has 6 nitrogen and oxygen atoms in total. The Morgan fingerprint density at radius 2 is 2.22 bits per heavy atom. The van der Waals surface area contributed by atoms with Crippen LogP contribution in [-0.4, -0.2) is 23.2 Å². The van der Waals surface area contributed by atoms with Crippen molar-refractivity contribution in [1.29, 1.82) is 0 Å². The number of rotatable bonds is 8. The van der Waals surface area contributed by atoms with Crippen LogP contribution in [0.3, 0.4) is 0 Å². The summed E-state index contributed by atoms with van der Waals surface area (Å²) in [5, 5.41) is 6.81. The standard InChI is InChI=1S/C17H23N3O3/c1-12(2)17-19-16(23-20-17)9-5-8-15(21)18-11-13-6-4-7-14(10-13)22-3/h4,6-7,10,12H,5,8-9,11H2,1-3H3,(H,18,21). The van der Waals surface area contributed by atoms with E-state index in [1.165, 1.54) is 0 Å². The van der Waals surface area contributed by atoms with E-state index >= 15 is 0 Å². The number of aryl methyl sites for hydroxylation is 1. The topological polar surface area (TPSA) is 77.2 Å². The summed E-state index contributed by atoms with van der Waals surface area (Å²) >= 11 is 0. The van der Waals surface area contributed by atoms with Crippen LogP contribution in [0.1, 0.15) is 49.9 Å². The molecule has 0 fully saturated rings. The number of nitrogens with zero attached hydrogens (tertiary/aromatic N) is 2. The molecule has 0 saturated carbocycles. The molecule has 0 aliphatic carbocycles. The van der Waals surface area contributed by atoms with Crippen molar-refractivity contribution in [3.05, 3.63) is 41.5 Å². The number of hydrogen-bond acceptors (Lipinski definition) is 5. The van der Waals surface area contributed by atoms with E-state index < -0.39 is 0 Å². The van der Waals surface area contributed by atoms with Gasteiger partial charge in [0.1, 0.15) is 5.75 Å². The molecule has 0 aliphatic heterocycles. The van der Waals surface area contributed by atoms with Gasteiger partial charge >= 0.3 is 0 Å². The van der Waals surface area contributed by atoms with Gasteiger partial charge in [0.2, 0.25) is 11.8 Å². The molecule has 0 atom stereocenters. The van der Waals surface area contributed by atoms with Crippen LogP contribution in [0.15, 0.2) is 28.8 Å². The first-order valence-electron chi connectivity index (χ1n) is 7.80. The molecule has 0 unspecified atom stereocenters. The van der Waals surface area contributed by atoms with Gasteiger partial charge in [0.25, 0.3) is 0 Å². The highest BCUT2D eigenvalue weighted by Gasteiger charge is 2.10. The molecule has 23 heavy (non-hydrogen) atoms. The third-order valence-electron chi connectivity index (χ3n) is 3.42. The Kier molecular flexibility index (Phi) is 6.14. The van der Waals surface area contributed by atoms with Crippen LogP contribution >= 0.6 is 0 Å². The monoisotopic (exact) mass is 317 g/mol. The van der Waals surface area contributed by atoms with Crippen molar-refractivity contribution in [3.8, 4) is 5.75 Å². The fourth-order valence-electron chi connectivity index (χ4n) is 2.08. The number of aromatic nitrogens is 2. The fourth-order valence-corrected chi connectivity index (χ4v) is 2.08. The molecule has 124 valence electrons. The second kappa shape index (κ2) is 8.31. The summed E-state index contributed by atoms with van der Waals surface area (Å²) in [5.41, 5.74) is 1.01. The Balaban J connectivity index is 1.70. The van der Waals surface area contributed by atoms with E-state index in [9.17, 15) is 4.79 Å². The number of amides is 1. The molecule has 6 heteroatoms. The highest BCUT2D eigenvalue weighted by atomic mass is 16.5. The maximum atomic E-state index is 11.9. The number of carbonyl (C=O) groups is 1. The van der Waals surface area contributed by atoms with Crippen molar-refractivity contribution >= 4 is 5.91 Å². The Morgan fingerprint density at radius 3 is 2.91 bits per heavy atom. The van der Waals surface area contributed by atoms with Crippen LogP contribution in [-0.2, 0) is 17.8 Å². The first kappa shape index (κ1) is 17.0. The van der Waals surface area contributed by atoms with Gasteiger partial charge in [-0.05, 0) is 24.1 Å². The summed E-state index contributed by atoms with van der Waals surface area (Å²) < 4.78 is 10.3. The second-order valence-corrected chi connectivity index (χ2v) is 5.68. The zero-order valence-electron chi connectivity index (χ0n) is 13.8. The number of nitrogens with one attached hydrogen (secondary N) is 1. The molecule has 2 aromatic rings. The Morgan fingerprint density at radius 1 is 1.39 bits per heavy atom.